The van der Waals surface area contributed by atoms with Crippen molar-refractivity contribution in [1.29, 1.82) is 10.5 Å². The van der Waals surface area contributed by atoms with Crippen LogP contribution in [0.1, 0.15) is 19.5 Å². The summed E-state index contributed by atoms with van der Waals surface area (Å²) in [5.74, 6) is 0.638. The van der Waals surface area contributed by atoms with Gasteiger partial charge in [-0.25, -0.2) is 9.97 Å². The minimum atomic E-state index is -0.452. The highest BCUT2D eigenvalue weighted by Gasteiger charge is 2.30. The predicted octanol–water partition coefficient (Wildman–Crippen LogP) is 0.772. The van der Waals surface area contributed by atoms with Crippen molar-refractivity contribution in [1.82, 2.24) is 14.9 Å². The van der Waals surface area contributed by atoms with Crippen LogP contribution in [-0.2, 0) is 0 Å². The molecule has 0 spiro atoms. The summed E-state index contributed by atoms with van der Waals surface area (Å²) in [6.45, 7) is 6.90. The molecule has 0 saturated carbocycles. The van der Waals surface area contributed by atoms with Gasteiger partial charge in [-0.15, -0.1) is 0 Å². The fourth-order valence-electron chi connectivity index (χ4n) is 2.19. The first-order valence-electron chi connectivity index (χ1n) is 6.21. The fraction of sp³-hybridized carbons (Fsp3) is 0.538. The van der Waals surface area contributed by atoms with Gasteiger partial charge in [0.05, 0.1) is 6.07 Å². The third-order valence-corrected chi connectivity index (χ3v) is 3.43. The Hall–Kier alpha value is -2.18. The number of rotatable bonds is 2. The number of piperazine rings is 1. The number of anilines is 1. The van der Waals surface area contributed by atoms with Crippen molar-refractivity contribution < 1.29 is 0 Å². The summed E-state index contributed by atoms with van der Waals surface area (Å²) < 4.78 is 0. The summed E-state index contributed by atoms with van der Waals surface area (Å²) in [5, 5.41) is 18.2. The number of aromatic nitrogens is 2. The molecule has 0 aromatic carbocycles. The van der Waals surface area contributed by atoms with Crippen LogP contribution in [0.15, 0.2) is 12.4 Å². The lowest BCUT2D eigenvalue weighted by atomic mass is 10.0. The number of hydrogen-bond donors (Lipinski definition) is 0. The molecule has 0 aliphatic carbocycles. The highest BCUT2D eigenvalue weighted by Crippen LogP contribution is 2.20. The lowest BCUT2D eigenvalue weighted by Crippen LogP contribution is -2.54. The van der Waals surface area contributed by atoms with Gasteiger partial charge in [0.25, 0.3) is 0 Å². The quantitative estimate of drug-likeness (QED) is 0.777. The first-order chi connectivity index (χ1) is 9.08. The van der Waals surface area contributed by atoms with Crippen LogP contribution in [0.25, 0.3) is 0 Å². The molecular formula is C13H16N6. The van der Waals surface area contributed by atoms with Gasteiger partial charge in [0.1, 0.15) is 11.6 Å². The largest absolute Gasteiger partial charge is 0.352 e. The molecule has 2 heterocycles. The second-order valence-electron chi connectivity index (χ2n) is 4.99. The Labute approximate surface area is 112 Å². The van der Waals surface area contributed by atoms with E-state index in [1.165, 1.54) is 6.20 Å². The van der Waals surface area contributed by atoms with Crippen LogP contribution in [0.3, 0.4) is 0 Å². The minimum Gasteiger partial charge on any atom is -0.352 e. The van der Waals surface area contributed by atoms with Crippen molar-refractivity contribution in [2.45, 2.75) is 19.4 Å². The SMILES string of the molecule is CC(C)(C#N)N1CCN(c2nccnc2C#N)CC1. The van der Waals surface area contributed by atoms with Crippen molar-refractivity contribution >= 4 is 5.82 Å². The zero-order valence-electron chi connectivity index (χ0n) is 11.2. The second-order valence-corrected chi connectivity index (χ2v) is 4.99. The van der Waals surface area contributed by atoms with Crippen LogP contribution in [0.4, 0.5) is 5.82 Å². The molecule has 6 heteroatoms. The summed E-state index contributed by atoms with van der Waals surface area (Å²) in [6.07, 6.45) is 3.12. The maximum atomic E-state index is 9.14. The van der Waals surface area contributed by atoms with E-state index in [1.54, 1.807) is 6.20 Å². The summed E-state index contributed by atoms with van der Waals surface area (Å²) in [6, 6.07) is 4.38. The fourth-order valence-corrected chi connectivity index (χ4v) is 2.19. The van der Waals surface area contributed by atoms with Gasteiger partial charge in [-0.05, 0) is 13.8 Å². The minimum absolute atomic E-state index is 0.357. The number of nitrogens with zero attached hydrogens (tertiary/aromatic N) is 6. The van der Waals surface area contributed by atoms with Crippen molar-refractivity contribution in [2.24, 2.45) is 0 Å². The number of nitriles is 2. The molecule has 0 N–H and O–H groups in total. The smallest absolute Gasteiger partial charge is 0.183 e. The molecule has 6 nitrogen and oxygen atoms in total. The predicted molar refractivity (Wildman–Crippen MR) is 70.2 cm³/mol. The van der Waals surface area contributed by atoms with E-state index in [0.29, 0.717) is 11.5 Å². The summed E-state index contributed by atoms with van der Waals surface area (Å²) in [4.78, 5) is 12.5. The molecule has 0 atom stereocenters. The average Bonchev–Trinajstić information content (AvgIpc) is 2.47. The zero-order chi connectivity index (χ0) is 13.9. The van der Waals surface area contributed by atoms with Crippen LogP contribution in [0.5, 0.6) is 0 Å². The maximum Gasteiger partial charge on any atom is 0.183 e. The molecule has 19 heavy (non-hydrogen) atoms. The van der Waals surface area contributed by atoms with Crippen molar-refractivity contribution in [3.8, 4) is 12.1 Å². The Balaban J connectivity index is 2.09. The lowest BCUT2D eigenvalue weighted by molar-refractivity contribution is 0.157. The molecule has 98 valence electrons. The van der Waals surface area contributed by atoms with Crippen molar-refractivity contribution in [3.05, 3.63) is 18.1 Å². The second kappa shape index (κ2) is 5.21. The van der Waals surface area contributed by atoms with Crippen molar-refractivity contribution in [3.63, 3.8) is 0 Å². The van der Waals surface area contributed by atoms with E-state index in [-0.39, 0.29) is 0 Å². The Morgan fingerprint density at radius 2 is 1.74 bits per heavy atom. The topological polar surface area (TPSA) is 79.8 Å². The highest BCUT2D eigenvalue weighted by molar-refractivity contribution is 5.49. The third kappa shape index (κ3) is 2.64. The molecule has 1 aromatic rings. The Morgan fingerprint density at radius 3 is 2.32 bits per heavy atom. The summed E-state index contributed by atoms with van der Waals surface area (Å²) in [5.41, 5.74) is -0.0949. The van der Waals surface area contributed by atoms with Crippen LogP contribution >= 0.6 is 0 Å². The third-order valence-electron chi connectivity index (χ3n) is 3.43. The normalized spacial score (nSPS) is 16.7. The van der Waals surface area contributed by atoms with Gasteiger partial charge < -0.3 is 4.90 Å². The van der Waals surface area contributed by atoms with E-state index in [1.807, 2.05) is 13.8 Å². The van der Waals surface area contributed by atoms with E-state index >= 15 is 0 Å². The Morgan fingerprint density at radius 1 is 1.11 bits per heavy atom. The van der Waals surface area contributed by atoms with Gasteiger partial charge in [-0.2, -0.15) is 10.5 Å². The summed E-state index contributed by atoms with van der Waals surface area (Å²) >= 11 is 0. The molecule has 1 aliphatic heterocycles. The lowest BCUT2D eigenvalue weighted by Gasteiger charge is -2.40. The van der Waals surface area contributed by atoms with Crippen LogP contribution in [0, 0.1) is 22.7 Å². The molecule has 1 aromatic heterocycles. The molecule has 1 aliphatic rings. The van der Waals surface area contributed by atoms with E-state index < -0.39 is 5.54 Å². The first kappa shape index (κ1) is 13.3. The number of hydrogen-bond acceptors (Lipinski definition) is 6. The molecular weight excluding hydrogens is 240 g/mol. The maximum absolute atomic E-state index is 9.14. The first-order valence-corrected chi connectivity index (χ1v) is 6.21. The van der Waals surface area contributed by atoms with Gasteiger partial charge in [0, 0.05) is 38.6 Å². The van der Waals surface area contributed by atoms with Crippen molar-refractivity contribution in [2.75, 3.05) is 31.1 Å². The molecule has 0 radical (unpaired) electrons. The van der Waals surface area contributed by atoms with Gasteiger partial charge in [-0.3, -0.25) is 4.90 Å². The Kier molecular flexibility index (Phi) is 3.64. The molecule has 1 fully saturated rings. The van der Waals surface area contributed by atoms with Crippen LogP contribution in [-0.4, -0.2) is 46.6 Å². The zero-order valence-corrected chi connectivity index (χ0v) is 11.2. The molecule has 0 bridgehead atoms. The Bertz CT molecular complexity index is 531. The van der Waals surface area contributed by atoms with E-state index in [4.69, 9.17) is 10.5 Å². The molecule has 0 amide bonds. The van der Waals surface area contributed by atoms with Gasteiger partial charge in [0.15, 0.2) is 11.5 Å². The van der Waals surface area contributed by atoms with E-state index in [0.717, 1.165) is 26.2 Å². The van der Waals surface area contributed by atoms with Gasteiger partial charge in [-0.1, -0.05) is 0 Å². The van der Waals surface area contributed by atoms with Gasteiger partial charge >= 0.3 is 0 Å². The van der Waals surface area contributed by atoms with Crippen LogP contribution < -0.4 is 4.90 Å². The molecule has 1 saturated heterocycles. The standard InChI is InChI=1S/C13H16N6/c1-13(2,10-15)19-7-5-18(6-8-19)12-11(9-14)16-3-4-17-12/h3-4H,5-8H2,1-2H3. The van der Waals surface area contributed by atoms with E-state index in [2.05, 4.69) is 31.9 Å². The molecule has 0 unspecified atom stereocenters. The van der Waals surface area contributed by atoms with Gasteiger partial charge in [0.2, 0.25) is 0 Å². The molecule has 2 rings (SSSR count). The highest BCUT2D eigenvalue weighted by atomic mass is 15.3. The van der Waals surface area contributed by atoms with Crippen LogP contribution in [0.2, 0.25) is 0 Å². The summed E-state index contributed by atoms with van der Waals surface area (Å²) in [7, 11) is 0. The van der Waals surface area contributed by atoms with E-state index in [9.17, 15) is 0 Å². The monoisotopic (exact) mass is 256 g/mol. The average molecular weight is 256 g/mol.